The van der Waals surface area contributed by atoms with Gasteiger partial charge in [-0.25, -0.2) is 13.2 Å². The minimum Gasteiger partial charge on any atom is -0.242 e. The van der Waals surface area contributed by atoms with Crippen LogP contribution >= 0.6 is 0 Å². The van der Waals surface area contributed by atoms with Gasteiger partial charge in [-0.15, -0.1) is 0 Å². The first kappa shape index (κ1) is 19.9. The molecule has 2 unspecified atom stereocenters. The predicted octanol–water partition coefficient (Wildman–Crippen LogP) is 6.15. The first-order valence-electron chi connectivity index (χ1n) is 6.70. The molecule has 0 nitrogen and oxygen atoms in total. The quantitative estimate of drug-likeness (QED) is 0.534. The van der Waals surface area contributed by atoms with E-state index in [2.05, 4.69) is 0 Å². The fourth-order valence-electron chi connectivity index (χ4n) is 2.76. The van der Waals surface area contributed by atoms with E-state index in [0.29, 0.717) is 0 Å². The van der Waals surface area contributed by atoms with Crippen molar-refractivity contribution in [1.29, 1.82) is 0 Å². The van der Waals surface area contributed by atoms with Crippen molar-refractivity contribution in [2.75, 3.05) is 0 Å². The minimum absolute atomic E-state index is 0.0294. The summed E-state index contributed by atoms with van der Waals surface area (Å²) < 4.78 is 120. The molecular weight excluding hydrogens is 339 g/mol. The van der Waals surface area contributed by atoms with Gasteiger partial charge in [-0.3, -0.25) is 0 Å². The maximum atomic E-state index is 14.4. The zero-order valence-corrected chi connectivity index (χ0v) is 12.5. The van der Waals surface area contributed by atoms with Crippen molar-refractivity contribution in [2.45, 2.75) is 57.8 Å². The Bertz CT molecular complexity index is 509. The van der Waals surface area contributed by atoms with Crippen molar-refractivity contribution < 1.29 is 39.5 Å². The van der Waals surface area contributed by atoms with Crippen molar-refractivity contribution in [3.05, 3.63) is 23.0 Å². The molecule has 1 aliphatic rings. The normalized spacial score (nSPS) is 27.3. The van der Waals surface area contributed by atoms with Crippen LogP contribution in [0.4, 0.5) is 39.5 Å². The Morgan fingerprint density at radius 1 is 1.04 bits per heavy atom. The molecule has 0 aromatic heterocycles. The molecule has 0 aliphatic heterocycles. The van der Waals surface area contributed by atoms with Crippen LogP contribution in [0.1, 0.15) is 33.6 Å². The second kappa shape index (κ2) is 5.73. The highest BCUT2D eigenvalue weighted by molar-refractivity contribution is 5.45. The zero-order valence-electron chi connectivity index (χ0n) is 12.5. The van der Waals surface area contributed by atoms with Gasteiger partial charge >= 0.3 is 18.0 Å². The SMILES string of the molecule is CCCC1(C)C(F)=C(C(F)(C(F)(F)F)C(F)(F)F)C=C(C)C1F. The molecule has 1 aliphatic carbocycles. The lowest BCUT2D eigenvalue weighted by molar-refractivity contribution is -0.326. The second-order valence-corrected chi connectivity index (χ2v) is 5.80. The van der Waals surface area contributed by atoms with Gasteiger partial charge in [-0.1, -0.05) is 26.3 Å². The Balaban J connectivity index is 3.75. The molecule has 134 valence electrons. The van der Waals surface area contributed by atoms with Crippen molar-refractivity contribution in [1.82, 2.24) is 0 Å². The molecule has 0 N–H and O–H groups in total. The highest BCUT2D eigenvalue weighted by atomic mass is 19.4. The fraction of sp³-hybridized carbons (Fsp3) is 0.714. The van der Waals surface area contributed by atoms with E-state index in [0.717, 1.165) is 13.8 Å². The van der Waals surface area contributed by atoms with Gasteiger partial charge in [-0.05, 0) is 18.9 Å². The van der Waals surface area contributed by atoms with E-state index >= 15 is 0 Å². The van der Waals surface area contributed by atoms with Crippen molar-refractivity contribution in [3.8, 4) is 0 Å². The van der Waals surface area contributed by atoms with Crippen LogP contribution in [0.2, 0.25) is 0 Å². The molecule has 0 aromatic carbocycles. The highest BCUT2D eigenvalue weighted by Crippen LogP contribution is 2.57. The maximum Gasteiger partial charge on any atom is 0.436 e. The van der Waals surface area contributed by atoms with Gasteiger partial charge < -0.3 is 0 Å². The summed E-state index contributed by atoms with van der Waals surface area (Å²) >= 11 is 0. The molecule has 0 bridgehead atoms. The van der Waals surface area contributed by atoms with Crippen LogP contribution in [0.25, 0.3) is 0 Å². The monoisotopic (exact) mass is 354 g/mol. The molecule has 2 atom stereocenters. The van der Waals surface area contributed by atoms with Gasteiger partial charge in [0, 0.05) is 5.57 Å². The van der Waals surface area contributed by atoms with E-state index in [4.69, 9.17) is 0 Å². The van der Waals surface area contributed by atoms with Gasteiger partial charge in [0.05, 0.1) is 5.41 Å². The summed E-state index contributed by atoms with van der Waals surface area (Å²) in [5.41, 5.74) is -11.0. The molecule has 0 fully saturated rings. The van der Waals surface area contributed by atoms with Gasteiger partial charge in [0.1, 0.15) is 12.0 Å². The number of allylic oxidation sites excluding steroid dienone is 4. The molecule has 0 aromatic rings. The molecular formula is C14H15F9. The number of hydrogen-bond donors (Lipinski definition) is 0. The molecule has 23 heavy (non-hydrogen) atoms. The predicted molar refractivity (Wildman–Crippen MR) is 65.8 cm³/mol. The Labute approximate surface area is 127 Å². The number of alkyl halides is 8. The van der Waals surface area contributed by atoms with Crippen molar-refractivity contribution >= 4 is 0 Å². The molecule has 1 rings (SSSR count). The van der Waals surface area contributed by atoms with Gasteiger partial charge in [-0.2, -0.15) is 26.3 Å². The molecule has 0 saturated heterocycles. The van der Waals surface area contributed by atoms with E-state index in [9.17, 15) is 39.5 Å². The molecule has 0 radical (unpaired) electrons. The molecule has 9 heteroatoms. The van der Waals surface area contributed by atoms with E-state index in [1.165, 1.54) is 6.92 Å². The smallest absolute Gasteiger partial charge is 0.242 e. The van der Waals surface area contributed by atoms with Crippen LogP contribution < -0.4 is 0 Å². The Morgan fingerprint density at radius 2 is 1.48 bits per heavy atom. The van der Waals surface area contributed by atoms with Crippen LogP contribution in [0.5, 0.6) is 0 Å². The molecule has 0 amide bonds. The second-order valence-electron chi connectivity index (χ2n) is 5.80. The average Bonchev–Trinajstić information content (AvgIpc) is 2.38. The van der Waals surface area contributed by atoms with E-state index in [-0.39, 0.29) is 18.9 Å². The van der Waals surface area contributed by atoms with E-state index in [1.54, 1.807) is 0 Å². The molecule has 0 heterocycles. The Hall–Kier alpha value is -1.15. The Morgan fingerprint density at radius 3 is 1.83 bits per heavy atom. The van der Waals surface area contributed by atoms with Crippen LogP contribution in [0.15, 0.2) is 23.0 Å². The summed E-state index contributed by atoms with van der Waals surface area (Å²) in [5.74, 6) is -2.06. The van der Waals surface area contributed by atoms with Gasteiger partial charge in [0.2, 0.25) is 0 Å². The third kappa shape index (κ3) is 2.87. The lowest BCUT2D eigenvalue weighted by atomic mass is 9.70. The third-order valence-corrected chi connectivity index (χ3v) is 3.99. The minimum atomic E-state index is -6.44. The van der Waals surface area contributed by atoms with Crippen LogP contribution in [-0.4, -0.2) is 24.2 Å². The van der Waals surface area contributed by atoms with E-state index in [1.807, 2.05) is 0 Å². The standard InChI is InChI=1S/C14H15F9/c1-4-5-11(3)9(15)7(2)6-8(10(11)16)12(17,13(18,19)20)14(21,22)23/h6,9H,4-5H2,1-3H3. The van der Waals surface area contributed by atoms with E-state index < -0.39 is 46.6 Å². The highest BCUT2D eigenvalue weighted by Gasteiger charge is 2.75. The fourth-order valence-corrected chi connectivity index (χ4v) is 2.76. The van der Waals surface area contributed by atoms with Crippen LogP contribution in [0.3, 0.4) is 0 Å². The largest absolute Gasteiger partial charge is 0.436 e. The first-order valence-corrected chi connectivity index (χ1v) is 6.70. The summed E-state index contributed by atoms with van der Waals surface area (Å²) in [4.78, 5) is 0. The lowest BCUT2D eigenvalue weighted by Crippen LogP contribution is -2.56. The molecule has 0 saturated carbocycles. The summed E-state index contributed by atoms with van der Waals surface area (Å²) in [6.45, 7) is 3.20. The Kier molecular flexibility index (Phi) is 4.96. The average molecular weight is 354 g/mol. The van der Waals surface area contributed by atoms with Gasteiger partial charge in [0.15, 0.2) is 0 Å². The summed E-state index contributed by atoms with van der Waals surface area (Å²) in [6.07, 6.45) is -15.3. The number of rotatable bonds is 3. The number of hydrogen-bond acceptors (Lipinski definition) is 0. The third-order valence-electron chi connectivity index (χ3n) is 3.99. The summed E-state index contributed by atoms with van der Waals surface area (Å²) in [5, 5.41) is 0. The zero-order chi connectivity index (χ0) is 18.4. The topological polar surface area (TPSA) is 0 Å². The number of halogens is 9. The van der Waals surface area contributed by atoms with Crippen molar-refractivity contribution in [3.63, 3.8) is 0 Å². The molecule has 0 spiro atoms. The first-order chi connectivity index (χ1) is 10.1. The summed E-state index contributed by atoms with van der Waals surface area (Å²) in [7, 11) is 0. The van der Waals surface area contributed by atoms with Crippen molar-refractivity contribution in [2.24, 2.45) is 5.41 Å². The van der Waals surface area contributed by atoms with Gasteiger partial charge in [0.25, 0.3) is 0 Å². The summed E-state index contributed by atoms with van der Waals surface area (Å²) in [6, 6.07) is 0. The maximum absolute atomic E-state index is 14.4. The lowest BCUT2D eigenvalue weighted by Gasteiger charge is -2.40. The van der Waals surface area contributed by atoms with Crippen LogP contribution in [-0.2, 0) is 0 Å². The van der Waals surface area contributed by atoms with Crippen LogP contribution in [0, 0.1) is 5.41 Å².